The molecule has 0 N–H and O–H groups in total. The average molecular weight is 184 g/mol. The van der Waals surface area contributed by atoms with Crippen LogP contribution >= 0.6 is 0 Å². The third-order valence-corrected chi connectivity index (χ3v) is 2.98. The van der Waals surface area contributed by atoms with E-state index in [1.807, 2.05) is 0 Å². The average Bonchev–Trinajstić information content (AvgIpc) is 2.46. The summed E-state index contributed by atoms with van der Waals surface area (Å²) >= 11 is 0. The minimum Gasteiger partial charge on any atom is -0.305 e. The highest BCUT2D eigenvalue weighted by molar-refractivity contribution is 4.83. The molecule has 0 radical (unpaired) electrons. The van der Waals surface area contributed by atoms with Crippen molar-refractivity contribution in [2.75, 3.05) is 26.7 Å². The summed E-state index contributed by atoms with van der Waals surface area (Å²) in [5, 5.41) is 0. The molecule has 0 aromatic carbocycles. The van der Waals surface area contributed by atoms with Gasteiger partial charge in [0.05, 0.1) is 0 Å². The van der Waals surface area contributed by atoms with Crippen LogP contribution in [0.1, 0.15) is 33.6 Å². The van der Waals surface area contributed by atoms with E-state index < -0.39 is 0 Å². The third-order valence-electron chi connectivity index (χ3n) is 2.98. The van der Waals surface area contributed by atoms with Gasteiger partial charge in [-0.3, -0.25) is 4.90 Å². The SMILES string of the molecule is CCCN(C(C)C)C1CCN(C)C1. The highest BCUT2D eigenvalue weighted by atomic mass is 15.3. The van der Waals surface area contributed by atoms with Crippen molar-refractivity contribution < 1.29 is 0 Å². The standard InChI is InChI=1S/C11H24N2/c1-5-7-13(10(2)3)11-6-8-12(4)9-11/h10-11H,5-9H2,1-4H3. The fourth-order valence-corrected chi connectivity index (χ4v) is 2.30. The Hall–Kier alpha value is -0.0800. The monoisotopic (exact) mass is 184 g/mol. The number of likely N-dealkylation sites (N-methyl/N-ethyl adjacent to an activating group) is 1. The molecule has 1 rings (SSSR count). The molecule has 0 aromatic rings. The Morgan fingerprint density at radius 1 is 1.46 bits per heavy atom. The molecule has 0 aromatic heterocycles. The van der Waals surface area contributed by atoms with E-state index in [0.717, 1.165) is 6.04 Å². The summed E-state index contributed by atoms with van der Waals surface area (Å²) in [5.41, 5.74) is 0. The lowest BCUT2D eigenvalue weighted by atomic mass is 10.1. The van der Waals surface area contributed by atoms with Gasteiger partial charge < -0.3 is 4.90 Å². The Labute approximate surface area is 82.9 Å². The molecule has 2 heteroatoms. The summed E-state index contributed by atoms with van der Waals surface area (Å²) < 4.78 is 0. The Bertz CT molecular complexity index is 145. The zero-order valence-corrected chi connectivity index (χ0v) is 9.58. The van der Waals surface area contributed by atoms with Crippen molar-refractivity contribution in [1.29, 1.82) is 0 Å². The molecule has 0 aliphatic carbocycles. The summed E-state index contributed by atoms with van der Waals surface area (Å²) in [7, 11) is 2.23. The van der Waals surface area contributed by atoms with Gasteiger partial charge in [-0.2, -0.15) is 0 Å². The van der Waals surface area contributed by atoms with Gasteiger partial charge in [0.2, 0.25) is 0 Å². The second-order valence-corrected chi connectivity index (χ2v) is 4.54. The van der Waals surface area contributed by atoms with Crippen LogP contribution in [0.3, 0.4) is 0 Å². The zero-order valence-electron chi connectivity index (χ0n) is 9.58. The molecule has 0 spiro atoms. The Morgan fingerprint density at radius 2 is 2.15 bits per heavy atom. The molecule has 0 bridgehead atoms. The molecule has 1 heterocycles. The molecular weight excluding hydrogens is 160 g/mol. The van der Waals surface area contributed by atoms with Crippen molar-refractivity contribution in [3.8, 4) is 0 Å². The van der Waals surface area contributed by atoms with Gasteiger partial charge in [0, 0.05) is 18.6 Å². The molecular formula is C11H24N2. The highest BCUT2D eigenvalue weighted by Crippen LogP contribution is 2.16. The van der Waals surface area contributed by atoms with Crippen LogP contribution in [0.25, 0.3) is 0 Å². The van der Waals surface area contributed by atoms with E-state index in [1.165, 1.54) is 32.5 Å². The first kappa shape index (κ1) is 11.0. The molecule has 0 saturated carbocycles. The lowest BCUT2D eigenvalue weighted by molar-refractivity contribution is 0.156. The molecule has 1 atom stereocenters. The van der Waals surface area contributed by atoms with Crippen LogP contribution in [-0.2, 0) is 0 Å². The van der Waals surface area contributed by atoms with Crippen LogP contribution in [-0.4, -0.2) is 48.6 Å². The lowest BCUT2D eigenvalue weighted by Gasteiger charge is -2.32. The number of nitrogens with zero attached hydrogens (tertiary/aromatic N) is 2. The third kappa shape index (κ3) is 2.96. The van der Waals surface area contributed by atoms with E-state index in [4.69, 9.17) is 0 Å². The Kier molecular flexibility index (Phi) is 4.20. The van der Waals surface area contributed by atoms with Crippen molar-refractivity contribution in [3.05, 3.63) is 0 Å². The van der Waals surface area contributed by atoms with Gasteiger partial charge in [-0.05, 0) is 46.8 Å². The van der Waals surface area contributed by atoms with Crippen molar-refractivity contribution in [2.45, 2.75) is 45.7 Å². The first-order valence-corrected chi connectivity index (χ1v) is 5.59. The quantitative estimate of drug-likeness (QED) is 0.657. The second kappa shape index (κ2) is 4.97. The largest absolute Gasteiger partial charge is 0.305 e. The zero-order chi connectivity index (χ0) is 9.84. The maximum atomic E-state index is 2.66. The second-order valence-electron chi connectivity index (χ2n) is 4.54. The van der Waals surface area contributed by atoms with Gasteiger partial charge >= 0.3 is 0 Å². The van der Waals surface area contributed by atoms with Crippen LogP contribution in [0.15, 0.2) is 0 Å². The van der Waals surface area contributed by atoms with E-state index in [1.54, 1.807) is 0 Å². The Balaban J connectivity index is 2.44. The predicted molar refractivity (Wildman–Crippen MR) is 58.0 cm³/mol. The minimum absolute atomic E-state index is 0.705. The minimum atomic E-state index is 0.705. The number of rotatable bonds is 4. The number of hydrogen-bond acceptors (Lipinski definition) is 2. The Morgan fingerprint density at radius 3 is 2.54 bits per heavy atom. The molecule has 2 nitrogen and oxygen atoms in total. The van der Waals surface area contributed by atoms with Gasteiger partial charge in [0.25, 0.3) is 0 Å². The molecule has 1 aliphatic heterocycles. The predicted octanol–water partition coefficient (Wildman–Crippen LogP) is 1.81. The van der Waals surface area contributed by atoms with Gasteiger partial charge in [-0.15, -0.1) is 0 Å². The normalized spacial score (nSPS) is 24.9. The summed E-state index contributed by atoms with van der Waals surface area (Å²) in [6.45, 7) is 10.7. The van der Waals surface area contributed by atoms with E-state index in [9.17, 15) is 0 Å². The molecule has 1 fully saturated rings. The van der Waals surface area contributed by atoms with Crippen molar-refractivity contribution in [3.63, 3.8) is 0 Å². The van der Waals surface area contributed by atoms with E-state index in [2.05, 4.69) is 37.6 Å². The molecule has 1 aliphatic rings. The highest BCUT2D eigenvalue weighted by Gasteiger charge is 2.26. The molecule has 13 heavy (non-hydrogen) atoms. The van der Waals surface area contributed by atoms with Crippen LogP contribution in [0.4, 0.5) is 0 Å². The van der Waals surface area contributed by atoms with Gasteiger partial charge in [-0.1, -0.05) is 6.92 Å². The van der Waals surface area contributed by atoms with Crippen molar-refractivity contribution in [2.24, 2.45) is 0 Å². The van der Waals surface area contributed by atoms with E-state index >= 15 is 0 Å². The van der Waals surface area contributed by atoms with Gasteiger partial charge in [0.15, 0.2) is 0 Å². The fourth-order valence-electron chi connectivity index (χ4n) is 2.30. The van der Waals surface area contributed by atoms with E-state index in [0.29, 0.717) is 6.04 Å². The maximum absolute atomic E-state index is 2.66. The topological polar surface area (TPSA) is 6.48 Å². The van der Waals surface area contributed by atoms with Crippen molar-refractivity contribution >= 4 is 0 Å². The summed E-state index contributed by atoms with van der Waals surface area (Å²) in [6, 6.07) is 1.52. The first-order chi connectivity index (χ1) is 6.15. The lowest BCUT2D eigenvalue weighted by Crippen LogP contribution is -2.42. The van der Waals surface area contributed by atoms with Gasteiger partial charge in [-0.25, -0.2) is 0 Å². The summed E-state index contributed by atoms with van der Waals surface area (Å²) in [5.74, 6) is 0. The van der Waals surface area contributed by atoms with Crippen molar-refractivity contribution in [1.82, 2.24) is 9.80 Å². The molecule has 0 amide bonds. The van der Waals surface area contributed by atoms with Crippen LogP contribution in [0.5, 0.6) is 0 Å². The first-order valence-electron chi connectivity index (χ1n) is 5.59. The summed E-state index contributed by atoms with van der Waals surface area (Å²) in [6.07, 6.45) is 2.63. The van der Waals surface area contributed by atoms with Crippen LogP contribution < -0.4 is 0 Å². The van der Waals surface area contributed by atoms with Crippen LogP contribution in [0, 0.1) is 0 Å². The smallest absolute Gasteiger partial charge is 0.0237 e. The molecule has 1 unspecified atom stereocenters. The molecule has 78 valence electrons. The van der Waals surface area contributed by atoms with E-state index in [-0.39, 0.29) is 0 Å². The number of hydrogen-bond donors (Lipinski definition) is 0. The maximum Gasteiger partial charge on any atom is 0.0237 e. The summed E-state index contributed by atoms with van der Waals surface area (Å²) in [4.78, 5) is 5.10. The van der Waals surface area contributed by atoms with Crippen LogP contribution in [0.2, 0.25) is 0 Å². The fraction of sp³-hybridized carbons (Fsp3) is 1.00. The number of likely N-dealkylation sites (tertiary alicyclic amines) is 1. The van der Waals surface area contributed by atoms with Gasteiger partial charge in [0.1, 0.15) is 0 Å². The molecule has 1 saturated heterocycles.